The zero-order chi connectivity index (χ0) is 4.12. The highest BCUT2D eigenvalue weighted by Crippen LogP contribution is 1.64. The summed E-state index contributed by atoms with van der Waals surface area (Å²) in [6.45, 7) is 5.67. The van der Waals surface area contributed by atoms with Crippen LogP contribution in [0.1, 0.15) is 13.8 Å². The molecule has 0 saturated heterocycles. The first-order chi connectivity index (χ1) is 2.41. The number of hydrogen-bond acceptors (Lipinski definition) is 1. The van der Waals surface area contributed by atoms with Gasteiger partial charge in [0, 0.05) is 13.2 Å². The second-order valence-corrected chi connectivity index (χ2v) is 0.781. The fourth-order valence-electron chi connectivity index (χ4n) is 0.204. The maximum absolute atomic E-state index is 4.83. The predicted molar refractivity (Wildman–Crippen MR) is 27.5 cm³/mol. The van der Waals surface area contributed by atoms with E-state index in [-0.39, 0.29) is 7.43 Å². The van der Waals surface area contributed by atoms with Crippen LogP contribution in [0.15, 0.2) is 0 Å². The molecule has 0 aliphatic heterocycles. The van der Waals surface area contributed by atoms with E-state index in [9.17, 15) is 0 Å². The minimum atomic E-state index is 0. The van der Waals surface area contributed by atoms with Gasteiger partial charge in [0.15, 0.2) is 0 Å². The Labute approximate surface area is 40.3 Å². The highest BCUT2D eigenvalue weighted by molar-refractivity contribution is 4.07. The monoisotopic (exact) mass is 88.1 g/mol. The molecule has 1 nitrogen and oxygen atoms in total. The standard InChI is InChI=1S/C4H10O.CH2/c1-3-5-4-2;/h3-4H2,1-2H3;1H2. The SMILES string of the molecule is CCOCC.[CH2]. The normalized spacial score (nSPS) is 7.00. The Hall–Kier alpha value is -0.0400. The molecule has 0 fully saturated rings. The van der Waals surface area contributed by atoms with Gasteiger partial charge in [-0.15, -0.1) is 0 Å². The Kier molecular flexibility index (Phi) is 13.8. The van der Waals surface area contributed by atoms with Crippen molar-refractivity contribution >= 4 is 0 Å². The predicted octanol–water partition coefficient (Wildman–Crippen LogP) is 1.37. The highest BCUT2D eigenvalue weighted by atomic mass is 16.5. The van der Waals surface area contributed by atoms with Crippen LogP contribution < -0.4 is 0 Å². The molecule has 38 valence electrons. The van der Waals surface area contributed by atoms with Gasteiger partial charge < -0.3 is 4.74 Å². The van der Waals surface area contributed by atoms with E-state index in [0.29, 0.717) is 0 Å². The second kappa shape index (κ2) is 8.88. The van der Waals surface area contributed by atoms with E-state index in [1.54, 1.807) is 0 Å². The van der Waals surface area contributed by atoms with Crippen LogP contribution in [-0.2, 0) is 4.74 Å². The van der Waals surface area contributed by atoms with E-state index >= 15 is 0 Å². The molecule has 0 rings (SSSR count). The van der Waals surface area contributed by atoms with Crippen LogP contribution in [0, 0.1) is 7.43 Å². The summed E-state index contributed by atoms with van der Waals surface area (Å²) in [5, 5.41) is 0. The zero-order valence-electron chi connectivity index (χ0n) is 4.53. The van der Waals surface area contributed by atoms with Crippen molar-refractivity contribution in [2.24, 2.45) is 0 Å². The fourth-order valence-corrected chi connectivity index (χ4v) is 0.204. The van der Waals surface area contributed by atoms with Crippen molar-refractivity contribution in [3.8, 4) is 0 Å². The Morgan fingerprint density at radius 2 is 1.50 bits per heavy atom. The van der Waals surface area contributed by atoms with Crippen molar-refractivity contribution in [2.45, 2.75) is 13.8 Å². The smallest absolute Gasteiger partial charge is 0.0437 e. The van der Waals surface area contributed by atoms with Gasteiger partial charge in [-0.3, -0.25) is 0 Å². The van der Waals surface area contributed by atoms with Crippen molar-refractivity contribution in [3.05, 3.63) is 7.43 Å². The van der Waals surface area contributed by atoms with E-state index in [0.717, 1.165) is 13.2 Å². The van der Waals surface area contributed by atoms with Gasteiger partial charge in [-0.25, -0.2) is 0 Å². The van der Waals surface area contributed by atoms with Crippen molar-refractivity contribution < 1.29 is 4.74 Å². The number of ether oxygens (including phenoxy) is 1. The molecule has 0 N–H and O–H groups in total. The largest absolute Gasteiger partial charge is 0.382 e. The van der Waals surface area contributed by atoms with Gasteiger partial charge in [0.2, 0.25) is 0 Å². The Morgan fingerprint density at radius 3 is 1.50 bits per heavy atom. The summed E-state index contributed by atoms with van der Waals surface area (Å²) in [4.78, 5) is 0. The van der Waals surface area contributed by atoms with E-state index in [1.165, 1.54) is 0 Å². The van der Waals surface area contributed by atoms with Crippen LogP contribution in [0.25, 0.3) is 0 Å². The van der Waals surface area contributed by atoms with Gasteiger partial charge >= 0.3 is 0 Å². The summed E-state index contributed by atoms with van der Waals surface area (Å²) in [5.74, 6) is 0. The maximum atomic E-state index is 4.83. The van der Waals surface area contributed by atoms with Crippen LogP contribution in [0.2, 0.25) is 0 Å². The van der Waals surface area contributed by atoms with Crippen molar-refractivity contribution in [1.29, 1.82) is 0 Å². The van der Waals surface area contributed by atoms with Crippen LogP contribution >= 0.6 is 0 Å². The van der Waals surface area contributed by atoms with E-state index < -0.39 is 0 Å². The van der Waals surface area contributed by atoms with Gasteiger partial charge in [0.25, 0.3) is 0 Å². The lowest BCUT2D eigenvalue weighted by Crippen LogP contribution is -1.84. The Bertz CT molecular complexity index is 11.4. The van der Waals surface area contributed by atoms with Gasteiger partial charge in [-0.2, -0.15) is 0 Å². The topological polar surface area (TPSA) is 9.23 Å². The molecule has 0 bridgehead atoms. The fraction of sp³-hybridized carbons (Fsp3) is 0.800. The molecule has 0 saturated carbocycles. The molecule has 2 radical (unpaired) electrons. The molecule has 6 heavy (non-hydrogen) atoms. The van der Waals surface area contributed by atoms with Crippen molar-refractivity contribution in [1.82, 2.24) is 0 Å². The summed E-state index contributed by atoms with van der Waals surface area (Å²) in [7, 11) is 0. The molecule has 0 spiro atoms. The molecule has 0 aliphatic rings. The molecular weight excluding hydrogens is 76.1 g/mol. The third-order valence-corrected chi connectivity index (χ3v) is 0.408. The van der Waals surface area contributed by atoms with Crippen molar-refractivity contribution in [2.75, 3.05) is 13.2 Å². The molecular formula is C5H12O. The molecule has 0 unspecified atom stereocenters. The quantitative estimate of drug-likeness (QED) is 0.495. The van der Waals surface area contributed by atoms with Gasteiger partial charge in [-0.1, -0.05) is 7.43 Å². The molecule has 0 aromatic heterocycles. The van der Waals surface area contributed by atoms with E-state index in [2.05, 4.69) is 0 Å². The first-order valence-electron chi connectivity index (χ1n) is 1.99. The first-order valence-corrected chi connectivity index (χ1v) is 1.99. The highest BCUT2D eigenvalue weighted by Gasteiger charge is 1.64. The third-order valence-electron chi connectivity index (χ3n) is 0.408. The minimum absolute atomic E-state index is 0. The van der Waals surface area contributed by atoms with Crippen LogP contribution in [0.4, 0.5) is 0 Å². The summed E-state index contributed by atoms with van der Waals surface area (Å²) < 4.78 is 4.83. The van der Waals surface area contributed by atoms with Crippen LogP contribution in [0.3, 0.4) is 0 Å². The van der Waals surface area contributed by atoms with E-state index in [4.69, 9.17) is 4.74 Å². The number of rotatable bonds is 2. The molecule has 1 heteroatoms. The van der Waals surface area contributed by atoms with Crippen LogP contribution in [0.5, 0.6) is 0 Å². The van der Waals surface area contributed by atoms with Crippen LogP contribution in [-0.4, -0.2) is 13.2 Å². The molecule has 0 heterocycles. The number of hydrogen-bond donors (Lipinski definition) is 0. The van der Waals surface area contributed by atoms with Gasteiger partial charge in [-0.05, 0) is 13.8 Å². The Balaban J connectivity index is 0. The lowest BCUT2D eigenvalue weighted by atomic mass is 10.8. The second-order valence-electron chi connectivity index (χ2n) is 0.781. The maximum Gasteiger partial charge on any atom is 0.0437 e. The average Bonchev–Trinajstić information content (AvgIpc) is 1.41. The molecule has 0 atom stereocenters. The molecule has 0 amide bonds. The minimum Gasteiger partial charge on any atom is -0.382 e. The third kappa shape index (κ3) is 9.03. The summed E-state index contributed by atoms with van der Waals surface area (Å²) in [5.41, 5.74) is 0. The molecule has 0 aliphatic carbocycles. The molecule has 0 aromatic carbocycles. The lowest BCUT2D eigenvalue weighted by Gasteiger charge is -1.86. The average molecular weight is 88.2 g/mol. The van der Waals surface area contributed by atoms with Crippen molar-refractivity contribution in [3.63, 3.8) is 0 Å². The van der Waals surface area contributed by atoms with Gasteiger partial charge in [0.05, 0.1) is 0 Å². The molecule has 0 aromatic rings. The summed E-state index contributed by atoms with van der Waals surface area (Å²) in [6.07, 6.45) is 0. The summed E-state index contributed by atoms with van der Waals surface area (Å²) in [6, 6.07) is 0. The van der Waals surface area contributed by atoms with E-state index in [1.807, 2.05) is 13.8 Å². The zero-order valence-corrected chi connectivity index (χ0v) is 4.53. The van der Waals surface area contributed by atoms with Gasteiger partial charge in [0.1, 0.15) is 0 Å². The first kappa shape index (κ1) is 9.35. The lowest BCUT2D eigenvalue weighted by molar-refractivity contribution is 0.162. The summed E-state index contributed by atoms with van der Waals surface area (Å²) >= 11 is 0. The Morgan fingerprint density at radius 1 is 1.17 bits per heavy atom.